The average Bonchev–Trinajstić information content (AvgIpc) is 2.67. The smallest absolute Gasteiger partial charge is 0.234 e. The minimum Gasteiger partial charge on any atom is -0.441 e. The third kappa shape index (κ3) is 6.01. The third-order valence-electron chi connectivity index (χ3n) is 3.55. The molecular formula is C19H19ClN4O2S. The van der Waals surface area contributed by atoms with Gasteiger partial charge in [-0.15, -0.1) is 5.10 Å². The number of para-hydroxylation sites is 1. The number of anilines is 1. The Hall–Kier alpha value is -2.51. The number of carbonyl (C=O) groups is 1. The molecule has 1 heterocycles. The van der Waals surface area contributed by atoms with Crippen LogP contribution in [0.2, 0.25) is 5.02 Å². The molecule has 140 valence electrons. The van der Waals surface area contributed by atoms with Crippen molar-refractivity contribution in [3.8, 4) is 5.75 Å². The summed E-state index contributed by atoms with van der Waals surface area (Å²) in [5.74, 6) is 1.30. The van der Waals surface area contributed by atoms with Crippen molar-refractivity contribution in [1.29, 1.82) is 0 Å². The van der Waals surface area contributed by atoms with Gasteiger partial charge in [0.15, 0.2) is 0 Å². The Kier molecular flexibility index (Phi) is 6.73. The molecule has 0 unspecified atom stereocenters. The van der Waals surface area contributed by atoms with Gasteiger partial charge in [0.1, 0.15) is 12.3 Å². The molecule has 6 nitrogen and oxygen atoms in total. The van der Waals surface area contributed by atoms with Crippen LogP contribution in [0.25, 0.3) is 0 Å². The second-order valence-corrected chi connectivity index (χ2v) is 7.01. The number of hydrazone groups is 1. The van der Waals surface area contributed by atoms with Crippen molar-refractivity contribution in [3.63, 3.8) is 0 Å². The molecule has 0 saturated carbocycles. The van der Waals surface area contributed by atoms with Gasteiger partial charge in [0.05, 0.1) is 5.75 Å². The minimum atomic E-state index is -0.153. The van der Waals surface area contributed by atoms with Gasteiger partial charge in [-0.05, 0) is 37.3 Å². The van der Waals surface area contributed by atoms with Crippen molar-refractivity contribution in [1.82, 2.24) is 5.01 Å². The number of nitrogens with zero attached hydrogens (tertiary/aromatic N) is 3. The number of amidine groups is 1. The van der Waals surface area contributed by atoms with Crippen LogP contribution in [0.1, 0.15) is 6.92 Å². The van der Waals surface area contributed by atoms with Gasteiger partial charge in [-0.25, -0.2) is 0 Å². The lowest BCUT2D eigenvalue weighted by atomic mass is 10.3. The summed E-state index contributed by atoms with van der Waals surface area (Å²) in [6.07, 6.45) is 0. The number of aliphatic imine (C=N–C) groups is 1. The van der Waals surface area contributed by atoms with Gasteiger partial charge in [0.2, 0.25) is 17.0 Å². The van der Waals surface area contributed by atoms with Gasteiger partial charge in [-0.2, -0.15) is 4.99 Å². The highest BCUT2D eigenvalue weighted by molar-refractivity contribution is 8.14. The molecule has 0 radical (unpaired) electrons. The number of hydrogen-bond acceptors (Lipinski definition) is 6. The summed E-state index contributed by atoms with van der Waals surface area (Å²) in [6.45, 7) is 3.21. The Labute approximate surface area is 167 Å². The zero-order valence-electron chi connectivity index (χ0n) is 14.8. The van der Waals surface area contributed by atoms with Crippen LogP contribution in [0, 0.1) is 0 Å². The lowest BCUT2D eigenvalue weighted by Crippen LogP contribution is -2.33. The summed E-state index contributed by atoms with van der Waals surface area (Å²) in [7, 11) is 0. The molecule has 1 aliphatic heterocycles. The molecule has 8 heteroatoms. The summed E-state index contributed by atoms with van der Waals surface area (Å²) in [5.41, 5.74) is 0.658. The van der Waals surface area contributed by atoms with E-state index in [4.69, 9.17) is 16.3 Å². The van der Waals surface area contributed by atoms with Gasteiger partial charge in [0.25, 0.3) is 0 Å². The van der Waals surface area contributed by atoms with Crippen LogP contribution in [-0.2, 0) is 4.79 Å². The quantitative estimate of drug-likeness (QED) is 0.817. The number of hydrogen-bond donors (Lipinski definition) is 1. The summed E-state index contributed by atoms with van der Waals surface area (Å²) < 4.78 is 5.83. The fourth-order valence-corrected chi connectivity index (χ4v) is 3.16. The first-order chi connectivity index (χ1) is 13.1. The van der Waals surface area contributed by atoms with E-state index in [-0.39, 0.29) is 11.7 Å². The predicted molar refractivity (Wildman–Crippen MR) is 112 cm³/mol. The minimum absolute atomic E-state index is 0.153. The molecule has 0 aromatic heterocycles. The van der Waals surface area contributed by atoms with E-state index in [0.717, 1.165) is 12.3 Å². The van der Waals surface area contributed by atoms with E-state index < -0.39 is 0 Å². The normalized spacial score (nSPS) is 13.6. The first kappa shape index (κ1) is 19.3. The molecule has 2 aromatic rings. The van der Waals surface area contributed by atoms with Crippen molar-refractivity contribution in [2.45, 2.75) is 6.92 Å². The number of benzene rings is 2. The fourth-order valence-electron chi connectivity index (χ4n) is 2.29. The molecule has 3 rings (SSSR count). The summed E-state index contributed by atoms with van der Waals surface area (Å²) in [6, 6.07) is 16.5. The number of likely N-dealkylation sites (N-methyl/N-ethyl adjacent to an activating group) is 1. The third-order valence-corrected chi connectivity index (χ3v) is 4.62. The van der Waals surface area contributed by atoms with Crippen molar-refractivity contribution in [2.75, 3.05) is 24.2 Å². The number of thioether (sulfide) groups is 1. The van der Waals surface area contributed by atoms with Crippen molar-refractivity contribution in [2.24, 2.45) is 10.1 Å². The van der Waals surface area contributed by atoms with E-state index in [1.165, 1.54) is 11.8 Å². The van der Waals surface area contributed by atoms with Crippen molar-refractivity contribution < 1.29 is 9.53 Å². The van der Waals surface area contributed by atoms with Crippen LogP contribution in [0.3, 0.4) is 0 Å². The predicted octanol–water partition coefficient (Wildman–Crippen LogP) is 4.10. The highest BCUT2D eigenvalue weighted by Gasteiger charge is 2.17. The maximum atomic E-state index is 12.2. The first-order valence-corrected chi connectivity index (χ1v) is 9.81. The highest BCUT2D eigenvalue weighted by atomic mass is 35.5. The summed E-state index contributed by atoms with van der Waals surface area (Å²) >= 11 is 7.19. The molecule has 1 N–H and O–H groups in total. The molecule has 0 bridgehead atoms. The Morgan fingerprint density at radius 1 is 1.26 bits per heavy atom. The number of ether oxygens (including phenoxy) is 1. The molecule has 0 fully saturated rings. The van der Waals surface area contributed by atoms with Crippen LogP contribution in [0.5, 0.6) is 5.75 Å². The molecule has 1 amide bonds. The molecule has 0 spiro atoms. The van der Waals surface area contributed by atoms with E-state index in [2.05, 4.69) is 15.4 Å². The topological polar surface area (TPSA) is 66.3 Å². The maximum Gasteiger partial charge on any atom is 0.234 e. The summed E-state index contributed by atoms with van der Waals surface area (Å²) in [5, 5.41) is 10.2. The van der Waals surface area contributed by atoms with Crippen molar-refractivity contribution in [3.05, 3.63) is 59.6 Å². The number of halogens is 1. The van der Waals surface area contributed by atoms with Crippen LogP contribution >= 0.6 is 23.4 Å². The van der Waals surface area contributed by atoms with Gasteiger partial charge in [-0.3, -0.25) is 9.80 Å². The Bertz CT molecular complexity index is 858. The largest absolute Gasteiger partial charge is 0.441 e. The van der Waals surface area contributed by atoms with Crippen LogP contribution in [0.15, 0.2) is 64.7 Å². The number of rotatable bonds is 5. The fraction of sp³-hybridized carbons (Fsp3) is 0.211. The second kappa shape index (κ2) is 9.43. The second-order valence-electron chi connectivity index (χ2n) is 5.63. The van der Waals surface area contributed by atoms with Crippen LogP contribution in [0.4, 0.5) is 5.69 Å². The molecular weight excluding hydrogens is 384 g/mol. The SMILES string of the molecule is CCN1CC(Oc2ccccc2)=NC(SCC(=O)Nc2cccc(Cl)c2)=N1. The van der Waals surface area contributed by atoms with E-state index in [9.17, 15) is 4.79 Å². The Morgan fingerprint density at radius 2 is 2.07 bits per heavy atom. The van der Waals surface area contributed by atoms with Gasteiger partial charge in [-0.1, -0.05) is 47.6 Å². The van der Waals surface area contributed by atoms with Gasteiger partial charge >= 0.3 is 0 Å². The average molecular weight is 403 g/mol. The maximum absolute atomic E-state index is 12.2. The standard InChI is InChI=1S/C19H19ClN4O2S/c1-2-24-12-18(26-16-9-4-3-5-10-16)22-19(23-24)27-13-17(25)21-15-8-6-7-14(20)11-15/h3-11H,2,12-13H2,1H3,(H,21,25). The molecule has 0 saturated heterocycles. The zero-order chi connectivity index (χ0) is 19.1. The zero-order valence-corrected chi connectivity index (χ0v) is 16.3. The van der Waals surface area contributed by atoms with E-state index in [0.29, 0.717) is 28.3 Å². The first-order valence-electron chi connectivity index (χ1n) is 8.44. The number of amides is 1. The van der Waals surface area contributed by atoms with E-state index >= 15 is 0 Å². The van der Waals surface area contributed by atoms with Crippen LogP contribution < -0.4 is 10.1 Å². The summed E-state index contributed by atoms with van der Waals surface area (Å²) in [4.78, 5) is 16.6. The molecule has 0 atom stereocenters. The number of carbonyl (C=O) groups excluding carboxylic acids is 1. The van der Waals surface area contributed by atoms with Crippen molar-refractivity contribution >= 4 is 46.0 Å². The monoisotopic (exact) mass is 402 g/mol. The molecule has 0 aliphatic carbocycles. The van der Waals surface area contributed by atoms with E-state index in [1.54, 1.807) is 24.3 Å². The van der Waals surface area contributed by atoms with Crippen LogP contribution in [-0.4, -0.2) is 40.8 Å². The van der Waals surface area contributed by atoms with Gasteiger partial charge in [0, 0.05) is 17.3 Å². The highest BCUT2D eigenvalue weighted by Crippen LogP contribution is 2.18. The van der Waals surface area contributed by atoms with E-state index in [1.807, 2.05) is 42.3 Å². The molecule has 2 aromatic carbocycles. The molecule has 27 heavy (non-hydrogen) atoms. The number of nitrogens with one attached hydrogen (secondary N) is 1. The lowest BCUT2D eigenvalue weighted by molar-refractivity contribution is -0.113. The Morgan fingerprint density at radius 3 is 2.81 bits per heavy atom. The molecule has 1 aliphatic rings. The Balaban J connectivity index is 1.60. The van der Waals surface area contributed by atoms with Gasteiger partial charge < -0.3 is 10.1 Å². The lowest BCUT2D eigenvalue weighted by Gasteiger charge is -2.23.